The first-order valence-electron chi connectivity index (χ1n) is 8.00. The summed E-state index contributed by atoms with van der Waals surface area (Å²) in [5.41, 5.74) is -1.40. The third-order valence-corrected chi connectivity index (χ3v) is 3.16. The highest BCUT2D eigenvalue weighted by Gasteiger charge is 2.38. The zero-order valence-corrected chi connectivity index (χ0v) is 15.3. The molecule has 0 bridgehead atoms. The summed E-state index contributed by atoms with van der Waals surface area (Å²) in [4.78, 5) is 38.6. The second kappa shape index (κ2) is 7.27. The molecule has 0 radical (unpaired) electrons. The Hall–Kier alpha value is -1.99. The molecule has 138 valence electrons. The molecule has 0 spiro atoms. The van der Waals surface area contributed by atoms with Crippen molar-refractivity contribution in [3.8, 4) is 0 Å². The van der Waals surface area contributed by atoms with Crippen LogP contribution in [0.25, 0.3) is 0 Å². The summed E-state index contributed by atoms with van der Waals surface area (Å²) in [6, 6.07) is -1.17. The van der Waals surface area contributed by atoms with Gasteiger partial charge in [0.15, 0.2) is 6.04 Å². The second-order valence-electron chi connectivity index (χ2n) is 7.81. The van der Waals surface area contributed by atoms with E-state index in [0.717, 1.165) is 4.90 Å². The van der Waals surface area contributed by atoms with Crippen LogP contribution in [-0.4, -0.2) is 69.9 Å². The molecule has 0 aromatic rings. The van der Waals surface area contributed by atoms with Gasteiger partial charge in [0.05, 0.1) is 6.54 Å². The predicted molar refractivity (Wildman–Crippen MR) is 86.8 cm³/mol. The van der Waals surface area contributed by atoms with Crippen LogP contribution < -0.4 is 0 Å². The molecule has 8 nitrogen and oxygen atoms in total. The quantitative estimate of drug-likeness (QED) is 0.784. The molecule has 1 rings (SSSR count). The number of ether oxygens (including phenoxy) is 2. The first kappa shape index (κ1) is 20.1. The van der Waals surface area contributed by atoms with Gasteiger partial charge in [-0.3, -0.25) is 4.90 Å². The number of hydrogen-bond donors (Lipinski definition) is 1. The maximum atomic E-state index is 12.3. The van der Waals surface area contributed by atoms with E-state index >= 15 is 0 Å². The van der Waals surface area contributed by atoms with E-state index in [1.807, 2.05) is 0 Å². The van der Waals surface area contributed by atoms with Crippen LogP contribution in [-0.2, 0) is 14.3 Å². The maximum absolute atomic E-state index is 12.3. The Labute approximate surface area is 142 Å². The fourth-order valence-corrected chi connectivity index (χ4v) is 2.23. The molecule has 0 aromatic carbocycles. The highest BCUT2D eigenvalue weighted by atomic mass is 16.6. The molecule has 1 heterocycles. The van der Waals surface area contributed by atoms with Crippen LogP contribution in [0, 0.1) is 0 Å². The van der Waals surface area contributed by atoms with Crippen LogP contribution in [0.5, 0.6) is 0 Å². The van der Waals surface area contributed by atoms with Gasteiger partial charge in [-0.2, -0.15) is 0 Å². The Morgan fingerprint density at radius 2 is 1.42 bits per heavy atom. The molecule has 1 aliphatic heterocycles. The smallest absolute Gasteiger partial charge is 0.411 e. The van der Waals surface area contributed by atoms with Crippen molar-refractivity contribution < 1.29 is 29.0 Å². The monoisotopic (exact) mass is 344 g/mol. The van der Waals surface area contributed by atoms with Crippen molar-refractivity contribution in [3.63, 3.8) is 0 Å². The molecule has 1 N–H and O–H groups in total. The molecule has 2 amide bonds. The van der Waals surface area contributed by atoms with Gasteiger partial charge < -0.3 is 19.5 Å². The van der Waals surface area contributed by atoms with E-state index in [-0.39, 0.29) is 13.1 Å². The van der Waals surface area contributed by atoms with Crippen LogP contribution in [0.4, 0.5) is 9.59 Å². The Morgan fingerprint density at radius 1 is 0.917 bits per heavy atom. The van der Waals surface area contributed by atoms with Crippen molar-refractivity contribution in [2.24, 2.45) is 0 Å². The summed E-state index contributed by atoms with van der Waals surface area (Å²) in [7, 11) is 0. The Kier molecular flexibility index (Phi) is 6.08. The molecular formula is C16H28N2O6. The number of hydrogen-bond acceptors (Lipinski definition) is 5. The van der Waals surface area contributed by atoms with Gasteiger partial charge in [-0.1, -0.05) is 0 Å². The average Bonchev–Trinajstić information content (AvgIpc) is 2.56. The minimum atomic E-state index is -1.18. The van der Waals surface area contributed by atoms with Crippen LogP contribution in [0.3, 0.4) is 0 Å². The highest BCUT2D eigenvalue weighted by molar-refractivity contribution is 5.81. The topological polar surface area (TPSA) is 96.4 Å². The van der Waals surface area contributed by atoms with E-state index < -0.39 is 35.4 Å². The molecule has 1 atom stereocenters. The third-order valence-electron chi connectivity index (χ3n) is 3.16. The van der Waals surface area contributed by atoms with Crippen molar-refractivity contribution in [1.29, 1.82) is 0 Å². The van der Waals surface area contributed by atoms with Gasteiger partial charge in [0.1, 0.15) is 11.2 Å². The summed E-state index contributed by atoms with van der Waals surface area (Å²) in [5, 5.41) is 9.48. The van der Waals surface area contributed by atoms with Crippen LogP contribution in [0.2, 0.25) is 0 Å². The minimum Gasteiger partial charge on any atom is -0.480 e. The van der Waals surface area contributed by atoms with E-state index in [9.17, 15) is 19.5 Å². The van der Waals surface area contributed by atoms with E-state index in [2.05, 4.69) is 0 Å². The zero-order valence-electron chi connectivity index (χ0n) is 15.3. The lowest BCUT2D eigenvalue weighted by Crippen LogP contribution is -2.51. The average molecular weight is 344 g/mol. The molecule has 0 aliphatic carbocycles. The fourth-order valence-electron chi connectivity index (χ4n) is 2.23. The van der Waals surface area contributed by atoms with Crippen molar-refractivity contribution in [3.05, 3.63) is 0 Å². The number of carbonyl (C=O) groups excluding carboxylic acids is 2. The van der Waals surface area contributed by atoms with Gasteiger partial charge >= 0.3 is 18.2 Å². The van der Waals surface area contributed by atoms with Crippen LogP contribution >= 0.6 is 0 Å². The fraction of sp³-hybridized carbons (Fsp3) is 0.812. The van der Waals surface area contributed by atoms with E-state index in [0.29, 0.717) is 13.0 Å². The van der Waals surface area contributed by atoms with Gasteiger partial charge in [-0.05, 0) is 48.0 Å². The molecule has 1 saturated heterocycles. The summed E-state index contributed by atoms with van der Waals surface area (Å²) in [6.07, 6.45) is -0.830. The molecule has 0 aromatic heterocycles. The van der Waals surface area contributed by atoms with Gasteiger partial charge in [-0.25, -0.2) is 14.4 Å². The van der Waals surface area contributed by atoms with Crippen LogP contribution in [0.1, 0.15) is 48.0 Å². The summed E-state index contributed by atoms with van der Waals surface area (Å²) < 4.78 is 10.6. The van der Waals surface area contributed by atoms with Gasteiger partial charge in [0.25, 0.3) is 0 Å². The van der Waals surface area contributed by atoms with Gasteiger partial charge in [0.2, 0.25) is 0 Å². The van der Waals surface area contributed by atoms with Crippen molar-refractivity contribution in [2.45, 2.75) is 65.2 Å². The molecule has 1 fully saturated rings. The molecular weight excluding hydrogens is 316 g/mol. The lowest BCUT2D eigenvalue weighted by Gasteiger charge is -2.31. The molecule has 1 aliphatic rings. The largest absolute Gasteiger partial charge is 0.480 e. The standard InChI is InChI=1S/C16H28N2O6/c1-15(2,3)23-13(21)17-8-7-9-18(11(10-17)12(19)20)14(22)24-16(4,5)6/h11H,7-10H2,1-6H3,(H,19,20)/t11-/m1/s1. The molecule has 24 heavy (non-hydrogen) atoms. The first-order chi connectivity index (χ1) is 10.8. The summed E-state index contributed by atoms with van der Waals surface area (Å²) in [5.74, 6) is -1.18. The zero-order chi connectivity index (χ0) is 18.7. The number of amides is 2. The number of carbonyl (C=O) groups is 3. The Morgan fingerprint density at radius 3 is 1.88 bits per heavy atom. The Balaban J connectivity index is 2.91. The maximum Gasteiger partial charge on any atom is 0.411 e. The van der Waals surface area contributed by atoms with Crippen molar-refractivity contribution >= 4 is 18.2 Å². The summed E-state index contributed by atoms with van der Waals surface area (Å²) in [6.45, 7) is 10.7. The minimum absolute atomic E-state index is 0.135. The van der Waals surface area contributed by atoms with E-state index in [1.54, 1.807) is 41.5 Å². The van der Waals surface area contributed by atoms with Crippen molar-refractivity contribution in [2.75, 3.05) is 19.6 Å². The number of aliphatic carboxylic acids is 1. The molecule has 8 heteroatoms. The second-order valence-corrected chi connectivity index (χ2v) is 7.81. The highest BCUT2D eigenvalue weighted by Crippen LogP contribution is 2.18. The first-order valence-corrected chi connectivity index (χ1v) is 8.00. The predicted octanol–water partition coefficient (Wildman–Crippen LogP) is 2.32. The SMILES string of the molecule is CC(C)(C)OC(=O)N1CCCN(C(=O)OC(C)(C)C)[C@@H](C(=O)O)C1. The lowest BCUT2D eigenvalue weighted by molar-refractivity contribution is -0.143. The number of rotatable bonds is 1. The van der Waals surface area contributed by atoms with Crippen molar-refractivity contribution in [1.82, 2.24) is 9.80 Å². The van der Waals surface area contributed by atoms with Gasteiger partial charge in [0, 0.05) is 13.1 Å². The molecule has 0 unspecified atom stereocenters. The Bertz CT molecular complexity index is 492. The lowest BCUT2D eigenvalue weighted by atomic mass is 10.2. The van der Waals surface area contributed by atoms with Crippen LogP contribution in [0.15, 0.2) is 0 Å². The summed E-state index contributed by atoms with van der Waals surface area (Å²) >= 11 is 0. The van der Waals surface area contributed by atoms with E-state index in [4.69, 9.17) is 9.47 Å². The third kappa shape index (κ3) is 6.25. The van der Waals surface area contributed by atoms with Gasteiger partial charge in [-0.15, -0.1) is 0 Å². The number of nitrogens with zero attached hydrogens (tertiary/aromatic N) is 2. The van der Waals surface area contributed by atoms with E-state index in [1.165, 1.54) is 4.90 Å². The molecule has 0 saturated carbocycles. The normalized spacial score (nSPS) is 19.5. The number of carboxylic acid groups (broad SMARTS) is 1. The number of carboxylic acids is 1.